The van der Waals surface area contributed by atoms with Gasteiger partial charge in [-0.1, -0.05) is 67.6 Å². The SMILES string of the molecule is CCc1c(/C=C(\C)c2ccc(C(C)=O)cc2)cccc1-c1ccc(CC2CC(C)OC(C)C2)c(C#N)c1.[HH]. The Hall–Kier alpha value is -3.48. The molecule has 0 aliphatic carbocycles. The normalized spacial score (nSPS) is 19.9. The van der Waals surface area contributed by atoms with Crippen molar-refractivity contribution in [2.24, 2.45) is 5.92 Å². The molecule has 0 saturated carbocycles. The van der Waals surface area contributed by atoms with Gasteiger partial charge in [-0.3, -0.25) is 4.79 Å². The van der Waals surface area contributed by atoms with Crippen molar-refractivity contribution in [3.8, 4) is 17.2 Å². The van der Waals surface area contributed by atoms with Gasteiger partial charge in [-0.2, -0.15) is 5.26 Å². The van der Waals surface area contributed by atoms with E-state index in [9.17, 15) is 10.1 Å². The summed E-state index contributed by atoms with van der Waals surface area (Å²) in [4.78, 5) is 11.6. The number of hydrogen-bond acceptors (Lipinski definition) is 3. The van der Waals surface area contributed by atoms with Crippen LogP contribution in [-0.4, -0.2) is 18.0 Å². The van der Waals surface area contributed by atoms with Gasteiger partial charge in [0.15, 0.2) is 5.78 Å². The van der Waals surface area contributed by atoms with Gasteiger partial charge in [0.05, 0.1) is 23.8 Å². The number of nitriles is 1. The molecular weight excluding hydrogens is 454 g/mol. The summed E-state index contributed by atoms with van der Waals surface area (Å²) in [6.45, 7) is 10.2. The summed E-state index contributed by atoms with van der Waals surface area (Å²) in [5.74, 6) is 0.623. The number of ketones is 1. The molecule has 3 nitrogen and oxygen atoms in total. The van der Waals surface area contributed by atoms with E-state index in [1.807, 2.05) is 24.3 Å². The molecule has 0 N–H and O–H groups in total. The summed E-state index contributed by atoms with van der Waals surface area (Å²) in [5, 5.41) is 10.00. The Balaban J connectivity index is 0.00000400. The molecule has 3 heteroatoms. The van der Waals surface area contributed by atoms with Crippen LogP contribution in [0.25, 0.3) is 22.8 Å². The minimum absolute atomic E-state index is 0. The molecule has 3 aromatic carbocycles. The lowest BCUT2D eigenvalue weighted by atomic mass is 9.85. The first-order valence-electron chi connectivity index (χ1n) is 13.4. The van der Waals surface area contributed by atoms with Crippen molar-refractivity contribution in [2.45, 2.75) is 72.5 Å². The highest BCUT2D eigenvalue weighted by molar-refractivity contribution is 5.94. The van der Waals surface area contributed by atoms with E-state index >= 15 is 0 Å². The number of Topliss-reactive ketones (excluding diaryl/α,β-unsaturated/α-hetero) is 1. The quantitative estimate of drug-likeness (QED) is 0.245. The number of allylic oxidation sites excluding steroid dienone is 1. The highest BCUT2D eigenvalue weighted by Gasteiger charge is 2.25. The molecule has 0 spiro atoms. The number of carbonyl (C=O) groups excluding carboxylic acids is 1. The largest absolute Gasteiger partial charge is 0.376 e. The fraction of sp³-hybridized carbons (Fsp3) is 0.353. The second kappa shape index (κ2) is 11.7. The van der Waals surface area contributed by atoms with Gasteiger partial charge in [-0.15, -0.1) is 0 Å². The van der Waals surface area contributed by atoms with Gasteiger partial charge >= 0.3 is 0 Å². The fourth-order valence-corrected chi connectivity index (χ4v) is 5.74. The van der Waals surface area contributed by atoms with E-state index in [-0.39, 0.29) is 19.4 Å². The molecule has 2 atom stereocenters. The highest BCUT2D eigenvalue weighted by atomic mass is 16.5. The molecule has 1 saturated heterocycles. The minimum Gasteiger partial charge on any atom is -0.376 e. The lowest BCUT2D eigenvalue weighted by Gasteiger charge is -2.32. The van der Waals surface area contributed by atoms with E-state index in [2.05, 4.69) is 76.2 Å². The van der Waals surface area contributed by atoms with Crippen molar-refractivity contribution >= 4 is 17.4 Å². The van der Waals surface area contributed by atoms with Crippen LogP contribution in [0.15, 0.2) is 60.7 Å². The van der Waals surface area contributed by atoms with Gasteiger partial charge in [0.1, 0.15) is 0 Å². The summed E-state index contributed by atoms with van der Waals surface area (Å²) >= 11 is 0. The topological polar surface area (TPSA) is 50.1 Å². The van der Waals surface area contributed by atoms with Gasteiger partial charge in [0.25, 0.3) is 0 Å². The van der Waals surface area contributed by atoms with Gasteiger partial charge < -0.3 is 4.74 Å². The number of hydrogen-bond donors (Lipinski definition) is 0. The highest BCUT2D eigenvalue weighted by Crippen LogP contribution is 2.33. The molecule has 0 amide bonds. The monoisotopic (exact) mass is 493 g/mol. The molecule has 1 aliphatic heterocycles. The van der Waals surface area contributed by atoms with Crippen LogP contribution in [0.1, 0.15) is 87.1 Å². The number of ether oxygens (including phenoxy) is 1. The Kier molecular flexibility index (Phi) is 8.41. The summed E-state index contributed by atoms with van der Waals surface area (Å²) in [7, 11) is 0. The Morgan fingerprint density at radius 2 is 1.70 bits per heavy atom. The molecule has 0 aromatic heterocycles. The Bertz CT molecular complexity index is 1340. The molecule has 2 unspecified atom stereocenters. The first kappa shape index (κ1) is 26.6. The maximum Gasteiger partial charge on any atom is 0.159 e. The zero-order chi connectivity index (χ0) is 26.5. The van der Waals surface area contributed by atoms with Crippen molar-refractivity contribution < 1.29 is 11.0 Å². The molecule has 192 valence electrons. The van der Waals surface area contributed by atoms with Crippen LogP contribution in [0.2, 0.25) is 0 Å². The lowest BCUT2D eigenvalue weighted by Crippen LogP contribution is -2.30. The van der Waals surface area contributed by atoms with Crippen molar-refractivity contribution in [1.29, 1.82) is 5.26 Å². The molecule has 0 bridgehead atoms. The summed E-state index contributed by atoms with van der Waals surface area (Å²) in [6.07, 6.45) is 6.67. The van der Waals surface area contributed by atoms with Crippen LogP contribution >= 0.6 is 0 Å². The molecule has 1 heterocycles. The van der Waals surface area contributed by atoms with E-state index in [1.54, 1.807) is 6.92 Å². The van der Waals surface area contributed by atoms with Crippen LogP contribution in [0, 0.1) is 17.2 Å². The van der Waals surface area contributed by atoms with E-state index < -0.39 is 0 Å². The van der Waals surface area contributed by atoms with Crippen molar-refractivity contribution in [1.82, 2.24) is 0 Å². The predicted molar refractivity (Wildman–Crippen MR) is 155 cm³/mol. The van der Waals surface area contributed by atoms with E-state index in [4.69, 9.17) is 4.74 Å². The summed E-state index contributed by atoms with van der Waals surface area (Å²) < 4.78 is 5.91. The average Bonchev–Trinajstić information content (AvgIpc) is 2.88. The molecule has 4 rings (SSSR count). The number of rotatable bonds is 7. The average molecular weight is 494 g/mol. The maximum absolute atomic E-state index is 11.6. The third-order valence-corrected chi connectivity index (χ3v) is 7.53. The van der Waals surface area contributed by atoms with Crippen LogP contribution in [0.4, 0.5) is 0 Å². The second-order valence-corrected chi connectivity index (χ2v) is 10.5. The third-order valence-electron chi connectivity index (χ3n) is 7.53. The van der Waals surface area contributed by atoms with E-state index in [0.29, 0.717) is 5.92 Å². The van der Waals surface area contributed by atoms with Crippen LogP contribution < -0.4 is 0 Å². The molecule has 1 fully saturated rings. The van der Waals surface area contributed by atoms with Crippen molar-refractivity contribution in [3.05, 3.63) is 94.0 Å². The first-order valence-corrected chi connectivity index (χ1v) is 13.4. The van der Waals surface area contributed by atoms with Gasteiger partial charge in [-0.05, 0) is 104 Å². The van der Waals surface area contributed by atoms with Crippen LogP contribution in [0.3, 0.4) is 0 Å². The Labute approximate surface area is 223 Å². The molecular formula is C34H39NO2. The Morgan fingerprint density at radius 1 is 1.03 bits per heavy atom. The molecule has 3 aromatic rings. The summed E-state index contributed by atoms with van der Waals surface area (Å²) in [5.41, 5.74) is 9.60. The van der Waals surface area contributed by atoms with E-state index in [1.165, 1.54) is 16.7 Å². The van der Waals surface area contributed by atoms with Crippen LogP contribution in [0.5, 0.6) is 0 Å². The third kappa shape index (κ3) is 6.27. The molecule has 0 radical (unpaired) electrons. The number of benzene rings is 3. The minimum atomic E-state index is 0. The molecule has 37 heavy (non-hydrogen) atoms. The van der Waals surface area contributed by atoms with Crippen molar-refractivity contribution in [2.75, 3.05) is 0 Å². The standard InChI is InChI=1S/C34H37NO2.H2/c1-6-33-30(16-22(2)27-10-12-28(13-11-27)25(5)36)8-7-9-34(33)31-15-14-29(32(20-31)21-35)19-26-17-23(3)37-24(4)18-26;/h7-16,20,23-24,26H,6,17-19H2,1-5H3;1H/b22-16+;. The van der Waals surface area contributed by atoms with Gasteiger partial charge in [0.2, 0.25) is 0 Å². The molecule has 1 aliphatic rings. The lowest BCUT2D eigenvalue weighted by molar-refractivity contribution is -0.0518. The smallest absolute Gasteiger partial charge is 0.159 e. The second-order valence-electron chi connectivity index (χ2n) is 10.5. The summed E-state index contributed by atoms with van der Waals surface area (Å²) in [6, 6.07) is 23.1. The van der Waals surface area contributed by atoms with E-state index in [0.717, 1.165) is 59.1 Å². The van der Waals surface area contributed by atoms with Gasteiger partial charge in [0, 0.05) is 6.99 Å². The maximum atomic E-state index is 11.6. The number of carbonyl (C=O) groups is 1. The Morgan fingerprint density at radius 3 is 2.32 bits per heavy atom. The van der Waals surface area contributed by atoms with Crippen LogP contribution in [-0.2, 0) is 17.6 Å². The fourth-order valence-electron chi connectivity index (χ4n) is 5.74. The first-order chi connectivity index (χ1) is 17.8. The predicted octanol–water partition coefficient (Wildman–Crippen LogP) is 8.54. The zero-order valence-electron chi connectivity index (χ0n) is 22.7. The zero-order valence-corrected chi connectivity index (χ0v) is 22.7. The van der Waals surface area contributed by atoms with Gasteiger partial charge in [-0.25, -0.2) is 0 Å². The number of nitrogens with zero attached hydrogens (tertiary/aromatic N) is 1. The van der Waals surface area contributed by atoms with Crippen molar-refractivity contribution in [3.63, 3.8) is 0 Å².